The van der Waals surface area contributed by atoms with Crippen molar-refractivity contribution in [2.45, 2.75) is 50.0 Å². The van der Waals surface area contributed by atoms with Crippen molar-refractivity contribution in [3.05, 3.63) is 34.9 Å². The summed E-state index contributed by atoms with van der Waals surface area (Å²) in [7, 11) is 0. The number of rotatable bonds is 6. The van der Waals surface area contributed by atoms with Gasteiger partial charge in [-0.15, -0.1) is 0 Å². The number of thioether (sulfide) groups is 1. The molecule has 134 valence electrons. The van der Waals surface area contributed by atoms with E-state index in [1.807, 2.05) is 23.9 Å². The fourth-order valence-electron chi connectivity index (χ4n) is 2.97. The molecule has 1 saturated carbocycles. The number of nitrogens with one attached hydrogen (secondary N) is 2. The van der Waals surface area contributed by atoms with Gasteiger partial charge in [-0.3, -0.25) is 4.99 Å². The first-order valence-electron chi connectivity index (χ1n) is 8.63. The zero-order valence-electron chi connectivity index (χ0n) is 14.5. The Balaban J connectivity index is 1.93. The van der Waals surface area contributed by atoms with Crippen molar-refractivity contribution in [1.29, 1.82) is 0 Å². The van der Waals surface area contributed by atoms with Crippen LogP contribution in [0.15, 0.2) is 29.3 Å². The van der Waals surface area contributed by atoms with Crippen LogP contribution in [0.5, 0.6) is 0 Å². The minimum absolute atomic E-state index is 0.329. The van der Waals surface area contributed by atoms with E-state index in [1.54, 1.807) is 12.1 Å². The summed E-state index contributed by atoms with van der Waals surface area (Å²) in [6.45, 7) is 3.19. The van der Waals surface area contributed by atoms with Crippen LogP contribution in [0.2, 0.25) is 5.02 Å². The highest BCUT2D eigenvalue weighted by atomic mass is 35.5. The fourth-order valence-corrected chi connectivity index (χ4v) is 3.92. The van der Waals surface area contributed by atoms with E-state index in [0.29, 0.717) is 17.6 Å². The Labute approximate surface area is 154 Å². The molecule has 0 aromatic heterocycles. The van der Waals surface area contributed by atoms with Crippen LogP contribution in [-0.2, 0) is 0 Å². The lowest BCUT2D eigenvalue weighted by atomic mass is 9.95. The van der Waals surface area contributed by atoms with Crippen LogP contribution in [0.1, 0.15) is 44.3 Å². The molecule has 6 heteroatoms. The molecule has 0 saturated heterocycles. The third-order valence-electron chi connectivity index (χ3n) is 4.32. The minimum atomic E-state index is -0.622. The third kappa shape index (κ3) is 6.19. The number of aliphatic hydroxyl groups is 1. The lowest BCUT2D eigenvalue weighted by molar-refractivity contribution is 0.187. The molecule has 2 rings (SSSR count). The predicted molar refractivity (Wildman–Crippen MR) is 105 cm³/mol. The highest BCUT2D eigenvalue weighted by Crippen LogP contribution is 2.26. The Morgan fingerprint density at radius 2 is 2.12 bits per heavy atom. The van der Waals surface area contributed by atoms with E-state index in [0.717, 1.165) is 23.3 Å². The maximum atomic E-state index is 10.3. The lowest BCUT2D eigenvalue weighted by Gasteiger charge is -2.30. The van der Waals surface area contributed by atoms with E-state index in [-0.39, 0.29) is 0 Å². The van der Waals surface area contributed by atoms with Gasteiger partial charge in [0, 0.05) is 22.9 Å². The van der Waals surface area contributed by atoms with Gasteiger partial charge in [0.05, 0.1) is 12.6 Å². The van der Waals surface area contributed by atoms with Gasteiger partial charge >= 0.3 is 0 Å². The molecule has 1 aromatic carbocycles. The first kappa shape index (κ1) is 19.4. The number of guanidine groups is 1. The summed E-state index contributed by atoms with van der Waals surface area (Å²) in [4.78, 5) is 4.56. The second kappa shape index (κ2) is 10.2. The van der Waals surface area contributed by atoms with E-state index >= 15 is 0 Å². The van der Waals surface area contributed by atoms with E-state index < -0.39 is 6.10 Å². The highest BCUT2D eigenvalue weighted by molar-refractivity contribution is 7.99. The largest absolute Gasteiger partial charge is 0.386 e. The fraction of sp³-hybridized carbons (Fsp3) is 0.611. The molecule has 0 radical (unpaired) electrons. The summed E-state index contributed by atoms with van der Waals surface area (Å²) in [6.07, 6.45) is 6.49. The first-order valence-corrected chi connectivity index (χ1v) is 10.3. The summed E-state index contributed by atoms with van der Waals surface area (Å²) in [5.41, 5.74) is 0.833. The molecular weight excluding hydrogens is 342 g/mol. The number of nitrogens with zero attached hydrogens (tertiary/aromatic N) is 1. The van der Waals surface area contributed by atoms with Gasteiger partial charge in [0.2, 0.25) is 0 Å². The molecule has 0 heterocycles. The van der Waals surface area contributed by atoms with Crippen LogP contribution in [0.25, 0.3) is 0 Å². The summed E-state index contributed by atoms with van der Waals surface area (Å²) in [5, 5.41) is 18.5. The third-order valence-corrected chi connectivity index (χ3v) is 5.67. The van der Waals surface area contributed by atoms with Crippen molar-refractivity contribution >= 4 is 29.3 Å². The Kier molecular flexibility index (Phi) is 8.22. The maximum absolute atomic E-state index is 10.3. The monoisotopic (exact) mass is 369 g/mol. The molecule has 3 atom stereocenters. The molecule has 3 unspecified atom stereocenters. The molecule has 1 aliphatic rings. The summed E-state index contributed by atoms with van der Waals surface area (Å²) in [5.74, 6) is 0.789. The van der Waals surface area contributed by atoms with Crippen molar-refractivity contribution in [3.63, 3.8) is 0 Å². The smallest absolute Gasteiger partial charge is 0.191 e. The van der Waals surface area contributed by atoms with Crippen LogP contribution >= 0.6 is 23.4 Å². The Bertz CT molecular complexity index is 524. The van der Waals surface area contributed by atoms with Gasteiger partial charge in [-0.25, -0.2) is 0 Å². The van der Waals surface area contributed by atoms with Gasteiger partial charge in [-0.05, 0) is 50.1 Å². The molecule has 1 fully saturated rings. The van der Waals surface area contributed by atoms with Crippen molar-refractivity contribution in [3.8, 4) is 0 Å². The second-order valence-electron chi connectivity index (χ2n) is 6.15. The average Bonchev–Trinajstić information content (AvgIpc) is 2.60. The molecule has 24 heavy (non-hydrogen) atoms. The van der Waals surface area contributed by atoms with Crippen LogP contribution in [0.3, 0.4) is 0 Å². The minimum Gasteiger partial charge on any atom is -0.386 e. The van der Waals surface area contributed by atoms with Gasteiger partial charge in [0.1, 0.15) is 0 Å². The maximum Gasteiger partial charge on any atom is 0.191 e. The Hall–Kier alpha value is -0.910. The van der Waals surface area contributed by atoms with Crippen LogP contribution < -0.4 is 10.6 Å². The zero-order valence-corrected chi connectivity index (χ0v) is 16.0. The molecule has 0 aliphatic heterocycles. The first-order chi connectivity index (χ1) is 11.6. The standard InChI is InChI=1S/C18H28ClN3OS/c1-3-20-18(22-15-5-4-6-16(11-15)24-2)21-12-17(23)13-7-9-14(19)10-8-13/h7-10,15-17,23H,3-6,11-12H2,1-2H3,(H2,20,21,22). The summed E-state index contributed by atoms with van der Waals surface area (Å²) < 4.78 is 0. The summed E-state index contributed by atoms with van der Waals surface area (Å²) >= 11 is 7.84. The molecule has 4 nitrogen and oxygen atoms in total. The average molecular weight is 370 g/mol. The van der Waals surface area contributed by atoms with Gasteiger partial charge in [-0.1, -0.05) is 30.2 Å². The van der Waals surface area contributed by atoms with Gasteiger partial charge in [0.25, 0.3) is 0 Å². The molecule has 1 aliphatic carbocycles. The molecule has 0 spiro atoms. The van der Waals surface area contributed by atoms with Crippen molar-refractivity contribution < 1.29 is 5.11 Å². The number of aliphatic imine (C=N–C) groups is 1. The quantitative estimate of drug-likeness (QED) is 0.529. The van der Waals surface area contributed by atoms with Crippen molar-refractivity contribution in [1.82, 2.24) is 10.6 Å². The summed E-state index contributed by atoms with van der Waals surface area (Å²) in [6, 6.07) is 7.72. The Morgan fingerprint density at radius 3 is 2.79 bits per heavy atom. The number of aliphatic hydroxyl groups excluding tert-OH is 1. The number of hydrogen-bond acceptors (Lipinski definition) is 3. The van der Waals surface area contributed by atoms with Crippen molar-refractivity contribution in [2.75, 3.05) is 19.3 Å². The number of hydrogen-bond donors (Lipinski definition) is 3. The van der Waals surface area contributed by atoms with Gasteiger partial charge in [-0.2, -0.15) is 11.8 Å². The van der Waals surface area contributed by atoms with Gasteiger partial charge < -0.3 is 15.7 Å². The normalized spacial score (nSPS) is 22.9. The predicted octanol–water partition coefficient (Wildman–Crippen LogP) is 3.60. The van der Waals surface area contributed by atoms with E-state index in [9.17, 15) is 5.11 Å². The zero-order chi connectivity index (χ0) is 17.4. The van der Waals surface area contributed by atoms with E-state index in [1.165, 1.54) is 25.7 Å². The second-order valence-corrected chi connectivity index (χ2v) is 7.73. The van der Waals surface area contributed by atoms with E-state index in [2.05, 4.69) is 28.8 Å². The number of halogens is 1. The van der Waals surface area contributed by atoms with Crippen LogP contribution in [0, 0.1) is 0 Å². The van der Waals surface area contributed by atoms with Crippen LogP contribution in [-0.4, -0.2) is 41.7 Å². The molecule has 1 aromatic rings. The molecule has 0 amide bonds. The SMILES string of the molecule is CCNC(=NCC(O)c1ccc(Cl)cc1)NC1CCCC(SC)C1. The van der Waals surface area contributed by atoms with Gasteiger partial charge in [0.15, 0.2) is 5.96 Å². The highest BCUT2D eigenvalue weighted by Gasteiger charge is 2.22. The number of benzene rings is 1. The lowest BCUT2D eigenvalue weighted by Crippen LogP contribution is -2.45. The topological polar surface area (TPSA) is 56.7 Å². The molecule has 3 N–H and O–H groups in total. The molecule has 0 bridgehead atoms. The van der Waals surface area contributed by atoms with E-state index in [4.69, 9.17) is 11.6 Å². The Morgan fingerprint density at radius 1 is 1.38 bits per heavy atom. The molecular formula is C18H28ClN3OS. The van der Waals surface area contributed by atoms with Crippen LogP contribution in [0.4, 0.5) is 0 Å². The van der Waals surface area contributed by atoms with Crippen molar-refractivity contribution in [2.24, 2.45) is 4.99 Å².